The summed E-state index contributed by atoms with van der Waals surface area (Å²) in [5.74, 6) is 3.45. The lowest BCUT2D eigenvalue weighted by Crippen LogP contribution is -2.46. The number of nitrogens with one attached hydrogen (secondary N) is 3. The van der Waals surface area contributed by atoms with E-state index in [2.05, 4.69) is 47.6 Å². The highest BCUT2D eigenvalue weighted by atomic mass is 16.1. The Hall–Kier alpha value is -2.48. The maximum atomic E-state index is 11.9. The normalized spacial score (nSPS) is 12.5. The molecule has 1 atom stereocenters. The average Bonchev–Trinajstić information content (AvgIpc) is 2.51. The fraction of sp³-hybridized carbons (Fsp3) is 0.412. The number of guanidine groups is 1. The summed E-state index contributed by atoms with van der Waals surface area (Å²) in [7, 11) is 1.68. The molecule has 5 nitrogen and oxygen atoms in total. The third-order valence-electron chi connectivity index (χ3n) is 3.32. The van der Waals surface area contributed by atoms with Gasteiger partial charge in [0, 0.05) is 24.3 Å². The number of hydrogen-bond acceptors (Lipinski definition) is 2. The van der Waals surface area contributed by atoms with Gasteiger partial charge >= 0.3 is 0 Å². The molecule has 5 heteroatoms. The van der Waals surface area contributed by atoms with Crippen molar-refractivity contribution < 1.29 is 4.79 Å². The van der Waals surface area contributed by atoms with Gasteiger partial charge in [-0.1, -0.05) is 25.8 Å². The Morgan fingerprint density at radius 1 is 1.36 bits per heavy atom. The first-order valence-electron chi connectivity index (χ1n) is 7.30. The Kier molecular flexibility index (Phi) is 6.97. The molecule has 22 heavy (non-hydrogen) atoms. The number of terminal acetylenes is 1. The Morgan fingerprint density at radius 3 is 2.68 bits per heavy atom. The van der Waals surface area contributed by atoms with Gasteiger partial charge in [0.05, 0.1) is 6.54 Å². The van der Waals surface area contributed by atoms with Crippen molar-refractivity contribution in [3.05, 3.63) is 29.8 Å². The number of carbonyl (C=O) groups is 1. The number of amides is 1. The van der Waals surface area contributed by atoms with Crippen molar-refractivity contribution in [1.29, 1.82) is 0 Å². The van der Waals surface area contributed by atoms with Gasteiger partial charge in [-0.25, -0.2) is 0 Å². The van der Waals surface area contributed by atoms with Gasteiger partial charge in [-0.2, -0.15) is 0 Å². The topological polar surface area (TPSA) is 65.5 Å². The molecule has 0 fully saturated rings. The van der Waals surface area contributed by atoms with Crippen molar-refractivity contribution in [2.45, 2.75) is 26.8 Å². The Labute approximate surface area is 132 Å². The van der Waals surface area contributed by atoms with E-state index in [-0.39, 0.29) is 18.5 Å². The van der Waals surface area contributed by atoms with Gasteiger partial charge in [-0.3, -0.25) is 9.79 Å². The maximum absolute atomic E-state index is 11.9. The fourth-order valence-electron chi connectivity index (χ4n) is 1.63. The van der Waals surface area contributed by atoms with Crippen LogP contribution >= 0.6 is 0 Å². The van der Waals surface area contributed by atoms with E-state index in [1.807, 2.05) is 12.1 Å². The van der Waals surface area contributed by atoms with Crippen LogP contribution in [0.1, 0.15) is 26.3 Å². The van der Waals surface area contributed by atoms with Crippen LogP contribution in [0.25, 0.3) is 0 Å². The van der Waals surface area contributed by atoms with Crippen LogP contribution in [0.3, 0.4) is 0 Å². The highest BCUT2D eigenvalue weighted by Crippen LogP contribution is 2.09. The second-order valence-corrected chi connectivity index (χ2v) is 5.38. The number of carbonyl (C=O) groups excluding carboxylic acids is 1. The van der Waals surface area contributed by atoms with Gasteiger partial charge in [0.25, 0.3) is 0 Å². The number of aliphatic imine (C=N–C) groups is 1. The summed E-state index contributed by atoms with van der Waals surface area (Å²) >= 11 is 0. The van der Waals surface area contributed by atoms with Gasteiger partial charge < -0.3 is 16.0 Å². The van der Waals surface area contributed by atoms with Gasteiger partial charge in [0.15, 0.2) is 5.96 Å². The predicted octanol–water partition coefficient (Wildman–Crippen LogP) is 1.82. The van der Waals surface area contributed by atoms with Crippen LogP contribution in [0.2, 0.25) is 0 Å². The molecule has 3 N–H and O–H groups in total. The molecule has 118 valence electrons. The zero-order valence-corrected chi connectivity index (χ0v) is 13.6. The zero-order chi connectivity index (χ0) is 16.5. The van der Waals surface area contributed by atoms with Crippen LogP contribution in [0, 0.1) is 18.3 Å². The minimum atomic E-state index is -0.158. The standard InChI is InChI=1S/C17H24N4O/c1-6-14-8-7-9-15(10-14)21-16(22)11-19-17(18-5)20-13(4)12(2)3/h1,7-10,12-13H,11H2,2-5H3,(H,21,22)(H2,18,19,20). The summed E-state index contributed by atoms with van der Waals surface area (Å²) in [5.41, 5.74) is 1.41. The largest absolute Gasteiger partial charge is 0.354 e. The Bertz CT molecular complexity index is 572. The van der Waals surface area contributed by atoms with E-state index < -0.39 is 0 Å². The molecule has 0 bridgehead atoms. The molecule has 1 aromatic rings. The molecule has 1 rings (SSSR count). The molecule has 0 aromatic heterocycles. The van der Waals surface area contributed by atoms with Crippen molar-refractivity contribution in [1.82, 2.24) is 10.6 Å². The van der Waals surface area contributed by atoms with Crippen molar-refractivity contribution >= 4 is 17.6 Å². The number of benzene rings is 1. The maximum Gasteiger partial charge on any atom is 0.243 e. The van der Waals surface area contributed by atoms with E-state index in [0.717, 1.165) is 5.56 Å². The van der Waals surface area contributed by atoms with Crippen molar-refractivity contribution in [2.75, 3.05) is 18.9 Å². The lowest BCUT2D eigenvalue weighted by molar-refractivity contribution is -0.115. The van der Waals surface area contributed by atoms with Crippen LogP contribution in [0.15, 0.2) is 29.3 Å². The molecular weight excluding hydrogens is 276 g/mol. The molecule has 1 amide bonds. The lowest BCUT2D eigenvalue weighted by Gasteiger charge is -2.20. The van der Waals surface area contributed by atoms with E-state index in [4.69, 9.17) is 6.42 Å². The SMILES string of the molecule is C#Cc1cccc(NC(=O)CNC(=NC)NC(C)C(C)C)c1. The van der Waals surface area contributed by atoms with Gasteiger partial charge in [0.1, 0.15) is 0 Å². The summed E-state index contributed by atoms with van der Waals surface area (Å²) in [6.07, 6.45) is 5.34. The van der Waals surface area contributed by atoms with Crippen LogP contribution in [0.4, 0.5) is 5.69 Å². The predicted molar refractivity (Wildman–Crippen MR) is 91.8 cm³/mol. The first-order chi connectivity index (χ1) is 10.5. The van der Waals surface area contributed by atoms with Crippen molar-refractivity contribution in [3.63, 3.8) is 0 Å². The Balaban J connectivity index is 2.49. The molecular formula is C17H24N4O. The molecule has 0 aliphatic heterocycles. The van der Waals surface area contributed by atoms with Crippen LogP contribution in [-0.4, -0.2) is 31.5 Å². The van der Waals surface area contributed by atoms with Crippen LogP contribution in [-0.2, 0) is 4.79 Å². The van der Waals surface area contributed by atoms with Gasteiger partial charge in [0.2, 0.25) is 5.91 Å². The third-order valence-corrected chi connectivity index (χ3v) is 3.32. The van der Waals surface area contributed by atoms with Gasteiger partial charge in [-0.15, -0.1) is 6.42 Å². The third kappa shape index (κ3) is 5.88. The molecule has 0 saturated heterocycles. The molecule has 0 aliphatic rings. The monoisotopic (exact) mass is 300 g/mol. The van der Waals surface area contributed by atoms with E-state index in [9.17, 15) is 4.79 Å². The molecule has 0 saturated carbocycles. The van der Waals surface area contributed by atoms with E-state index in [1.165, 1.54) is 0 Å². The molecule has 0 aliphatic carbocycles. The van der Waals surface area contributed by atoms with Crippen LogP contribution in [0.5, 0.6) is 0 Å². The van der Waals surface area contributed by atoms with E-state index in [0.29, 0.717) is 17.6 Å². The summed E-state index contributed by atoms with van der Waals surface area (Å²) in [6.45, 7) is 6.44. The quantitative estimate of drug-likeness (QED) is 0.441. The number of rotatable bonds is 5. The van der Waals surface area contributed by atoms with Crippen molar-refractivity contribution in [2.24, 2.45) is 10.9 Å². The molecule has 0 spiro atoms. The number of nitrogens with zero attached hydrogens (tertiary/aromatic N) is 1. The van der Waals surface area contributed by atoms with E-state index >= 15 is 0 Å². The fourth-order valence-corrected chi connectivity index (χ4v) is 1.63. The first-order valence-corrected chi connectivity index (χ1v) is 7.30. The highest BCUT2D eigenvalue weighted by molar-refractivity contribution is 5.95. The molecule has 1 unspecified atom stereocenters. The summed E-state index contributed by atoms with van der Waals surface area (Å²) in [6, 6.07) is 7.44. The Morgan fingerprint density at radius 2 is 2.09 bits per heavy atom. The first kappa shape index (κ1) is 17.6. The highest BCUT2D eigenvalue weighted by Gasteiger charge is 2.10. The molecule has 0 heterocycles. The molecule has 0 radical (unpaired) electrons. The number of anilines is 1. The van der Waals surface area contributed by atoms with Crippen molar-refractivity contribution in [3.8, 4) is 12.3 Å². The summed E-state index contributed by atoms with van der Waals surface area (Å²) in [5, 5.41) is 9.02. The minimum absolute atomic E-state index is 0.130. The second-order valence-electron chi connectivity index (χ2n) is 5.38. The summed E-state index contributed by atoms with van der Waals surface area (Å²) in [4.78, 5) is 16.0. The smallest absolute Gasteiger partial charge is 0.243 e. The lowest BCUT2D eigenvalue weighted by atomic mass is 10.1. The minimum Gasteiger partial charge on any atom is -0.354 e. The average molecular weight is 300 g/mol. The van der Waals surface area contributed by atoms with Crippen LogP contribution < -0.4 is 16.0 Å². The summed E-state index contributed by atoms with van der Waals surface area (Å²) < 4.78 is 0. The van der Waals surface area contributed by atoms with E-state index in [1.54, 1.807) is 19.2 Å². The zero-order valence-electron chi connectivity index (χ0n) is 13.6. The number of hydrogen-bond donors (Lipinski definition) is 3. The van der Waals surface area contributed by atoms with Gasteiger partial charge in [-0.05, 0) is 31.0 Å². The second kappa shape index (κ2) is 8.73. The molecule has 1 aromatic carbocycles.